The molecule has 0 spiro atoms. The normalized spacial score (nSPS) is 22.3. The van der Waals surface area contributed by atoms with Gasteiger partial charge in [0, 0.05) is 35.7 Å². The van der Waals surface area contributed by atoms with Crippen molar-refractivity contribution in [2.45, 2.75) is 58.3 Å². The molecule has 2 aliphatic heterocycles. The van der Waals surface area contributed by atoms with Crippen LogP contribution in [0, 0.1) is 5.92 Å². The van der Waals surface area contributed by atoms with Crippen LogP contribution in [0.1, 0.15) is 52.2 Å². The van der Waals surface area contributed by atoms with Crippen LogP contribution in [-0.2, 0) is 14.3 Å². The van der Waals surface area contributed by atoms with E-state index in [2.05, 4.69) is 29.1 Å². The van der Waals surface area contributed by atoms with Gasteiger partial charge in [0.1, 0.15) is 24.5 Å². The predicted octanol–water partition coefficient (Wildman–Crippen LogP) is 3.11. The van der Waals surface area contributed by atoms with E-state index < -0.39 is 5.56 Å². The Kier molecular flexibility index (Phi) is 5.72. The quantitative estimate of drug-likeness (QED) is 0.528. The Morgan fingerprint density at radius 3 is 3.07 bits per heavy atom. The molecule has 1 saturated heterocycles. The van der Waals surface area contributed by atoms with Crippen molar-refractivity contribution in [1.82, 2.24) is 9.55 Å². The molecule has 3 N–H and O–H groups in total. The number of nitrogens with two attached hydrogens (primary N) is 1. The first-order valence-corrected chi connectivity index (χ1v) is 10.4. The Balaban J connectivity index is 1.54. The molecule has 0 radical (unpaired) electrons. The molecule has 1 fully saturated rings. The number of hydrogen-bond acceptors (Lipinski definition) is 8. The molecule has 160 valence electrons. The van der Waals surface area contributed by atoms with Crippen LogP contribution in [0.2, 0.25) is 0 Å². The summed E-state index contributed by atoms with van der Waals surface area (Å²) >= 11 is 0. The van der Waals surface area contributed by atoms with Crippen LogP contribution in [0.15, 0.2) is 22.1 Å². The van der Waals surface area contributed by atoms with Crippen molar-refractivity contribution in [1.29, 1.82) is 0 Å². The summed E-state index contributed by atoms with van der Waals surface area (Å²) in [5.41, 5.74) is 6.06. The Labute approximate surface area is 174 Å². The van der Waals surface area contributed by atoms with Crippen LogP contribution >= 0.6 is 0 Å². The molecule has 9 nitrogen and oxygen atoms in total. The summed E-state index contributed by atoms with van der Waals surface area (Å²) in [6, 6.07) is 1.31. The van der Waals surface area contributed by atoms with Crippen molar-refractivity contribution >= 4 is 40.4 Å². The highest BCUT2D eigenvalue weighted by molar-refractivity contribution is 6.10. The lowest BCUT2D eigenvalue weighted by Crippen LogP contribution is -2.19. The van der Waals surface area contributed by atoms with Crippen molar-refractivity contribution in [3.05, 3.63) is 22.6 Å². The van der Waals surface area contributed by atoms with E-state index in [1.165, 1.54) is 12.4 Å². The number of anilines is 2. The number of nitrogens with one attached hydrogen (secondary N) is 1. The summed E-state index contributed by atoms with van der Waals surface area (Å²) in [5, 5.41) is 4.31. The Morgan fingerprint density at radius 1 is 1.43 bits per heavy atom. The highest BCUT2D eigenvalue weighted by Crippen LogP contribution is 2.43. The third kappa shape index (κ3) is 3.89. The first kappa shape index (κ1) is 20.3. The SMILES string of the molecule is CCCCCC(=O)OCC1CC(C)C(n2cc3c(N)cc(=O)nc4c3c2N=CN4)O1. The zero-order chi connectivity index (χ0) is 21.3. The number of nitrogens with zero attached hydrogens (tertiary/aromatic N) is 3. The molecular weight excluding hydrogens is 386 g/mol. The number of esters is 1. The zero-order valence-corrected chi connectivity index (χ0v) is 17.3. The molecule has 0 aromatic carbocycles. The van der Waals surface area contributed by atoms with Gasteiger partial charge in [0.25, 0.3) is 5.56 Å². The van der Waals surface area contributed by atoms with Crippen LogP contribution in [0.25, 0.3) is 10.8 Å². The van der Waals surface area contributed by atoms with E-state index in [1.54, 1.807) is 0 Å². The summed E-state index contributed by atoms with van der Waals surface area (Å²) in [6.07, 6.45) is 7.06. The smallest absolute Gasteiger partial charge is 0.305 e. The number of hydrogen-bond donors (Lipinski definition) is 2. The summed E-state index contributed by atoms with van der Waals surface area (Å²) in [4.78, 5) is 32.3. The fourth-order valence-electron chi connectivity index (χ4n) is 4.10. The fraction of sp³-hybridized carbons (Fsp3) is 0.524. The monoisotopic (exact) mass is 413 g/mol. The van der Waals surface area contributed by atoms with E-state index in [-0.39, 0.29) is 30.8 Å². The highest BCUT2D eigenvalue weighted by atomic mass is 16.6. The number of rotatable bonds is 7. The molecule has 0 saturated carbocycles. The molecule has 30 heavy (non-hydrogen) atoms. The zero-order valence-electron chi connectivity index (χ0n) is 17.3. The molecule has 4 rings (SSSR count). The van der Waals surface area contributed by atoms with Gasteiger partial charge in [-0.15, -0.1) is 0 Å². The molecule has 3 unspecified atom stereocenters. The van der Waals surface area contributed by atoms with Crippen molar-refractivity contribution in [3.63, 3.8) is 0 Å². The molecule has 4 heterocycles. The second-order valence-corrected chi connectivity index (χ2v) is 7.95. The Hall–Kier alpha value is -2.94. The number of carbonyl (C=O) groups excluding carboxylic acids is 1. The molecule has 3 atom stereocenters. The molecule has 0 amide bonds. The number of aromatic nitrogens is 2. The maximum atomic E-state index is 11.9. The van der Waals surface area contributed by atoms with Crippen LogP contribution in [-0.4, -0.2) is 34.6 Å². The largest absolute Gasteiger partial charge is 0.463 e. The second-order valence-electron chi connectivity index (χ2n) is 7.95. The first-order valence-electron chi connectivity index (χ1n) is 10.4. The van der Waals surface area contributed by atoms with Gasteiger partial charge in [0.05, 0.1) is 17.8 Å². The highest BCUT2D eigenvalue weighted by Gasteiger charge is 2.36. The van der Waals surface area contributed by atoms with E-state index in [4.69, 9.17) is 15.2 Å². The van der Waals surface area contributed by atoms with E-state index >= 15 is 0 Å². The minimum atomic E-state index is -0.412. The van der Waals surface area contributed by atoms with Crippen LogP contribution in [0.3, 0.4) is 0 Å². The number of nitrogen functional groups attached to an aromatic ring is 1. The molecule has 0 aliphatic carbocycles. The lowest BCUT2D eigenvalue weighted by molar-refractivity contribution is -0.148. The average molecular weight is 413 g/mol. The van der Waals surface area contributed by atoms with Crippen molar-refractivity contribution in [3.8, 4) is 0 Å². The van der Waals surface area contributed by atoms with Crippen molar-refractivity contribution < 1.29 is 14.3 Å². The summed E-state index contributed by atoms with van der Waals surface area (Å²) in [6.45, 7) is 4.44. The molecular formula is C21H27N5O4. The van der Waals surface area contributed by atoms with Gasteiger partial charge < -0.3 is 25.1 Å². The topological polar surface area (TPSA) is 121 Å². The molecule has 2 aromatic heterocycles. The maximum absolute atomic E-state index is 11.9. The molecule has 2 aromatic rings. The number of aliphatic imine (C=N–C) groups is 1. The second kappa shape index (κ2) is 8.43. The van der Waals surface area contributed by atoms with Gasteiger partial charge in [-0.05, 0) is 12.8 Å². The minimum Gasteiger partial charge on any atom is -0.463 e. The van der Waals surface area contributed by atoms with Gasteiger partial charge in [-0.2, -0.15) is 4.98 Å². The summed E-state index contributed by atoms with van der Waals surface area (Å²) in [5.74, 6) is 1.07. The number of ether oxygens (including phenoxy) is 2. The third-order valence-corrected chi connectivity index (χ3v) is 5.58. The van der Waals surface area contributed by atoms with Gasteiger partial charge in [0.2, 0.25) is 0 Å². The van der Waals surface area contributed by atoms with Gasteiger partial charge in [-0.25, -0.2) is 4.99 Å². The first-order chi connectivity index (χ1) is 14.5. The van der Waals surface area contributed by atoms with E-state index in [1.807, 2.05) is 10.8 Å². The molecule has 2 aliphatic rings. The standard InChI is InChI=1S/C21H27N5O4/c1-3-4-5-6-17(28)29-10-13-7-12(2)21(30-13)26-9-14-15(22)8-16(27)25-19-18(14)20(26)24-11-23-19/h8-9,11-13,21H,3-7,10,22H2,1-2H3,(H,23,24,25,27). The van der Waals surface area contributed by atoms with Crippen molar-refractivity contribution in [2.75, 3.05) is 17.7 Å². The van der Waals surface area contributed by atoms with Gasteiger partial charge in [-0.3, -0.25) is 9.59 Å². The van der Waals surface area contributed by atoms with Gasteiger partial charge in [0.15, 0.2) is 0 Å². The van der Waals surface area contributed by atoms with Crippen molar-refractivity contribution in [2.24, 2.45) is 10.9 Å². The summed E-state index contributed by atoms with van der Waals surface area (Å²) in [7, 11) is 0. The lowest BCUT2D eigenvalue weighted by atomic mass is 10.1. The predicted molar refractivity (Wildman–Crippen MR) is 115 cm³/mol. The van der Waals surface area contributed by atoms with Gasteiger partial charge >= 0.3 is 5.97 Å². The third-order valence-electron chi connectivity index (χ3n) is 5.58. The lowest BCUT2D eigenvalue weighted by Gasteiger charge is -2.20. The fourth-order valence-corrected chi connectivity index (χ4v) is 4.10. The molecule has 0 bridgehead atoms. The summed E-state index contributed by atoms with van der Waals surface area (Å²) < 4.78 is 13.6. The van der Waals surface area contributed by atoms with E-state index in [0.29, 0.717) is 34.5 Å². The number of unbranched alkanes of at least 4 members (excludes halogenated alkanes) is 2. The van der Waals surface area contributed by atoms with E-state index in [9.17, 15) is 9.59 Å². The molecule has 9 heteroatoms. The van der Waals surface area contributed by atoms with Crippen LogP contribution < -0.4 is 16.6 Å². The van der Waals surface area contributed by atoms with Crippen LogP contribution in [0.4, 0.5) is 17.3 Å². The maximum Gasteiger partial charge on any atom is 0.305 e. The Bertz CT molecular complexity index is 1050. The number of carbonyl (C=O) groups is 1. The van der Waals surface area contributed by atoms with Crippen LogP contribution in [0.5, 0.6) is 0 Å². The minimum absolute atomic E-state index is 0.176. The Morgan fingerprint density at radius 2 is 2.27 bits per heavy atom. The van der Waals surface area contributed by atoms with Gasteiger partial charge in [-0.1, -0.05) is 26.7 Å². The van der Waals surface area contributed by atoms with E-state index in [0.717, 1.165) is 25.7 Å². The average Bonchev–Trinajstić information content (AvgIpc) is 3.24.